The smallest absolute Gasteiger partial charge is 0.251 e. The van der Waals surface area contributed by atoms with Crippen molar-refractivity contribution in [2.75, 3.05) is 7.05 Å². The van der Waals surface area contributed by atoms with Gasteiger partial charge in [-0.1, -0.05) is 24.3 Å². The monoisotopic (exact) mass is 286 g/mol. The third-order valence-electron chi connectivity index (χ3n) is 3.40. The Balaban J connectivity index is 1.95. The summed E-state index contributed by atoms with van der Waals surface area (Å²) < 4.78 is 13.2. The molecule has 0 radical (unpaired) electrons. The van der Waals surface area contributed by atoms with Crippen molar-refractivity contribution in [3.8, 4) is 0 Å². The van der Waals surface area contributed by atoms with Gasteiger partial charge in [-0.2, -0.15) is 0 Å². The van der Waals surface area contributed by atoms with E-state index in [4.69, 9.17) is 0 Å². The molecule has 0 spiro atoms. The van der Waals surface area contributed by atoms with Gasteiger partial charge in [-0.25, -0.2) is 4.39 Å². The van der Waals surface area contributed by atoms with Crippen LogP contribution in [0.15, 0.2) is 48.5 Å². The second kappa shape index (κ2) is 6.99. The van der Waals surface area contributed by atoms with Crippen molar-refractivity contribution in [3.63, 3.8) is 0 Å². The van der Waals surface area contributed by atoms with E-state index >= 15 is 0 Å². The second-order valence-corrected chi connectivity index (χ2v) is 4.93. The lowest BCUT2D eigenvalue weighted by Gasteiger charge is -2.14. The Morgan fingerprint density at radius 1 is 1.19 bits per heavy atom. The van der Waals surface area contributed by atoms with E-state index in [9.17, 15) is 9.18 Å². The van der Waals surface area contributed by atoms with E-state index in [1.807, 2.05) is 25.1 Å². The molecule has 1 amide bonds. The summed E-state index contributed by atoms with van der Waals surface area (Å²) in [7, 11) is 1.61. The average Bonchev–Trinajstić information content (AvgIpc) is 2.52. The van der Waals surface area contributed by atoms with E-state index in [2.05, 4.69) is 10.6 Å². The van der Waals surface area contributed by atoms with Crippen LogP contribution in [-0.4, -0.2) is 13.0 Å². The molecule has 2 N–H and O–H groups in total. The molecule has 110 valence electrons. The summed E-state index contributed by atoms with van der Waals surface area (Å²) in [5.74, 6) is -0.321. The molecule has 21 heavy (non-hydrogen) atoms. The fourth-order valence-electron chi connectivity index (χ4n) is 2.08. The van der Waals surface area contributed by atoms with Crippen LogP contribution >= 0.6 is 0 Å². The van der Waals surface area contributed by atoms with Gasteiger partial charge in [0.05, 0.1) is 0 Å². The van der Waals surface area contributed by atoms with Crippen molar-refractivity contribution >= 4 is 5.91 Å². The largest absolute Gasteiger partial charge is 0.355 e. The zero-order valence-corrected chi connectivity index (χ0v) is 12.2. The molecule has 0 heterocycles. The van der Waals surface area contributed by atoms with E-state index in [-0.39, 0.29) is 17.8 Å². The summed E-state index contributed by atoms with van der Waals surface area (Å²) in [4.78, 5) is 11.4. The minimum Gasteiger partial charge on any atom is -0.355 e. The molecule has 4 heteroatoms. The number of halogens is 1. The minimum atomic E-state index is -0.226. The summed E-state index contributed by atoms with van der Waals surface area (Å²) in [6.07, 6.45) is 0. The van der Waals surface area contributed by atoms with Gasteiger partial charge in [0.25, 0.3) is 5.91 Å². The number of benzene rings is 2. The van der Waals surface area contributed by atoms with Crippen LogP contribution in [0.3, 0.4) is 0 Å². The van der Waals surface area contributed by atoms with E-state index in [1.165, 1.54) is 12.1 Å². The van der Waals surface area contributed by atoms with Gasteiger partial charge in [-0.15, -0.1) is 0 Å². The van der Waals surface area contributed by atoms with Gasteiger partial charge in [0.1, 0.15) is 5.82 Å². The predicted molar refractivity (Wildman–Crippen MR) is 81.5 cm³/mol. The predicted octanol–water partition coefficient (Wildman–Crippen LogP) is 3.04. The van der Waals surface area contributed by atoms with Crippen LogP contribution in [0, 0.1) is 5.82 Å². The van der Waals surface area contributed by atoms with Crippen molar-refractivity contribution in [3.05, 3.63) is 71.0 Å². The first-order valence-corrected chi connectivity index (χ1v) is 6.90. The average molecular weight is 286 g/mol. The van der Waals surface area contributed by atoms with E-state index < -0.39 is 0 Å². The van der Waals surface area contributed by atoms with Crippen molar-refractivity contribution in [2.24, 2.45) is 0 Å². The lowest BCUT2D eigenvalue weighted by Crippen LogP contribution is -2.19. The van der Waals surface area contributed by atoms with Crippen molar-refractivity contribution < 1.29 is 9.18 Å². The molecule has 0 saturated carbocycles. The number of rotatable bonds is 5. The van der Waals surface area contributed by atoms with Gasteiger partial charge in [-0.05, 0) is 42.3 Å². The highest BCUT2D eigenvalue weighted by Crippen LogP contribution is 2.14. The normalized spacial score (nSPS) is 12.0. The second-order valence-electron chi connectivity index (χ2n) is 4.93. The van der Waals surface area contributed by atoms with Gasteiger partial charge in [0.2, 0.25) is 0 Å². The first-order chi connectivity index (χ1) is 10.1. The molecular weight excluding hydrogens is 267 g/mol. The maximum atomic E-state index is 13.2. The highest BCUT2D eigenvalue weighted by molar-refractivity contribution is 5.93. The first kappa shape index (κ1) is 15.2. The Hall–Kier alpha value is -2.20. The lowest BCUT2D eigenvalue weighted by atomic mass is 10.1. The summed E-state index contributed by atoms with van der Waals surface area (Å²) in [6, 6.07) is 14.0. The Kier molecular flexibility index (Phi) is 5.06. The maximum absolute atomic E-state index is 13.2. The third kappa shape index (κ3) is 4.13. The number of carbonyl (C=O) groups is 1. The quantitative estimate of drug-likeness (QED) is 0.887. The number of hydrogen-bond donors (Lipinski definition) is 2. The van der Waals surface area contributed by atoms with Crippen LogP contribution in [0.4, 0.5) is 4.39 Å². The summed E-state index contributed by atoms with van der Waals surface area (Å²) >= 11 is 0. The molecule has 0 aromatic heterocycles. The molecule has 3 nitrogen and oxygen atoms in total. The van der Waals surface area contributed by atoms with E-state index in [1.54, 1.807) is 25.2 Å². The van der Waals surface area contributed by atoms with Gasteiger partial charge in [0, 0.05) is 25.2 Å². The van der Waals surface area contributed by atoms with Gasteiger partial charge in [-0.3, -0.25) is 4.79 Å². The zero-order chi connectivity index (χ0) is 15.2. The van der Waals surface area contributed by atoms with E-state index in [0.29, 0.717) is 12.1 Å². The van der Waals surface area contributed by atoms with Crippen LogP contribution in [-0.2, 0) is 6.54 Å². The molecule has 0 saturated heterocycles. The van der Waals surface area contributed by atoms with Crippen molar-refractivity contribution in [1.29, 1.82) is 0 Å². The molecule has 0 aliphatic rings. The lowest BCUT2D eigenvalue weighted by molar-refractivity contribution is 0.0963. The third-order valence-corrected chi connectivity index (χ3v) is 3.40. The van der Waals surface area contributed by atoms with Crippen LogP contribution < -0.4 is 10.6 Å². The van der Waals surface area contributed by atoms with Crippen molar-refractivity contribution in [1.82, 2.24) is 10.6 Å². The molecule has 2 aromatic carbocycles. The molecule has 2 rings (SSSR count). The van der Waals surface area contributed by atoms with Crippen LogP contribution in [0.2, 0.25) is 0 Å². The standard InChI is InChI=1S/C17H19FN2O/c1-12(15-4-3-5-16(18)10-15)20-11-13-6-8-14(9-7-13)17(21)19-2/h3-10,12,20H,11H2,1-2H3,(H,19,21)/t12-/m1/s1. The minimum absolute atomic E-state index is 0.0549. The fraction of sp³-hybridized carbons (Fsp3) is 0.235. The summed E-state index contributed by atoms with van der Waals surface area (Å²) in [5.41, 5.74) is 2.63. The first-order valence-electron chi connectivity index (χ1n) is 6.90. The highest BCUT2D eigenvalue weighted by atomic mass is 19.1. The fourth-order valence-corrected chi connectivity index (χ4v) is 2.08. The Labute approximate surface area is 124 Å². The Morgan fingerprint density at radius 2 is 1.90 bits per heavy atom. The summed E-state index contributed by atoms with van der Waals surface area (Å²) in [6.45, 7) is 2.65. The van der Waals surface area contributed by atoms with E-state index in [0.717, 1.165) is 11.1 Å². The van der Waals surface area contributed by atoms with Gasteiger partial charge >= 0.3 is 0 Å². The number of amides is 1. The van der Waals surface area contributed by atoms with Gasteiger partial charge in [0.15, 0.2) is 0 Å². The molecule has 0 bridgehead atoms. The molecule has 0 unspecified atom stereocenters. The maximum Gasteiger partial charge on any atom is 0.251 e. The molecule has 2 aromatic rings. The summed E-state index contributed by atoms with van der Waals surface area (Å²) in [5, 5.41) is 5.93. The number of carbonyl (C=O) groups excluding carboxylic acids is 1. The number of hydrogen-bond acceptors (Lipinski definition) is 2. The Morgan fingerprint density at radius 3 is 2.52 bits per heavy atom. The SMILES string of the molecule is CNC(=O)c1ccc(CN[C@H](C)c2cccc(F)c2)cc1. The van der Waals surface area contributed by atoms with Crippen LogP contribution in [0.1, 0.15) is 34.5 Å². The molecule has 0 fully saturated rings. The number of nitrogens with one attached hydrogen (secondary N) is 2. The van der Waals surface area contributed by atoms with Gasteiger partial charge < -0.3 is 10.6 Å². The Bertz CT molecular complexity index is 610. The highest BCUT2D eigenvalue weighted by Gasteiger charge is 2.06. The van der Waals surface area contributed by atoms with Crippen LogP contribution in [0.5, 0.6) is 0 Å². The molecule has 0 aliphatic heterocycles. The van der Waals surface area contributed by atoms with Crippen LogP contribution in [0.25, 0.3) is 0 Å². The topological polar surface area (TPSA) is 41.1 Å². The van der Waals surface area contributed by atoms with Crippen molar-refractivity contribution in [2.45, 2.75) is 19.5 Å². The molecular formula is C17H19FN2O. The molecule has 1 atom stereocenters. The molecule has 0 aliphatic carbocycles. The zero-order valence-electron chi connectivity index (χ0n) is 12.2.